The van der Waals surface area contributed by atoms with E-state index in [2.05, 4.69) is 50.7 Å². The van der Waals surface area contributed by atoms with E-state index in [-0.39, 0.29) is 63.7 Å². The molecule has 19 nitrogen and oxygen atoms in total. The Bertz CT molecular complexity index is 3130. The second-order valence-corrected chi connectivity index (χ2v) is 34.2. The molecular formula is C50H63F2N10O9PSSi2. The number of nitrogens with zero attached hydrogens (tertiary/aromatic N) is 10. The lowest BCUT2D eigenvalue weighted by Crippen LogP contribution is -2.49. The predicted molar refractivity (Wildman–Crippen MR) is 286 cm³/mol. The lowest BCUT2D eigenvalue weighted by Gasteiger charge is -2.39. The number of carbonyl (C=O) groups is 2. The van der Waals surface area contributed by atoms with Crippen molar-refractivity contribution in [1.29, 1.82) is 0 Å². The van der Waals surface area contributed by atoms with E-state index in [0.717, 1.165) is 0 Å². The molecule has 2 fully saturated rings. The van der Waals surface area contributed by atoms with Crippen LogP contribution < -0.4 is 9.80 Å². The Labute approximate surface area is 441 Å². The zero-order chi connectivity index (χ0) is 53.8. The number of anilines is 2. The van der Waals surface area contributed by atoms with Gasteiger partial charge in [-0.2, -0.15) is 0 Å². The van der Waals surface area contributed by atoms with E-state index in [1.807, 2.05) is 47.0 Å². The highest BCUT2D eigenvalue weighted by Gasteiger charge is 2.54. The van der Waals surface area contributed by atoms with Crippen molar-refractivity contribution in [3.8, 4) is 0 Å². The van der Waals surface area contributed by atoms with Crippen molar-refractivity contribution in [2.75, 3.05) is 36.1 Å². The van der Waals surface area contributed by atoms with Crippen molar-refractivity contribution in [1.82, 2.24) is 39.0 Å². The quantitative estimate of drug-likeness (QED) is 0.0900. The number of hydrogen-bond donors (Lipinski definition) is 1. The number of alkyl halides is 2. The SMILES string of the molecule is CC(C)(C)[Si](C)(C)OC[C@H]1O[C@@H]2[C@H](F)[C@@H]1OP(O)(=S)OC[C@H]1OC([C@H](F)[C@@H]1O[Si](C)(C)C(C)(C)C)n1cnc3c(ncnc31)N(C(=O)c1ccccc1)C/C=C/CN(C(=O)c1ccccc1)c1ncnc3c1ncn32. The highest BCUT2D eigenvalue weighted by Crippen LogP contribution is 2.52. The van der Waals surface area contributed by atoms with E-state index < -0.39 is 91.0 Å². The van der Waals surface area contributed by atoms with Crippen LogP contribution in [-0.2, 0) is 39.2 Å². The Hall–Kier alpha value is -5.12. The van der Waals surface area contributed by atoms with Crippen LogP contribution in [-0.4, -0.2) is 135 Å². The second-order valence-electron chi connectivity index (χ2n) is 21.8. The van der Waals surface area contributed by atoms with Crippen molar-refractivity contribution in [3.05, 3.63) is 109 Å². The van der Waals surface area contributed by atoms with Crippen LogP contribution in [0.5, 0.6) is 0 Å². The second kappa shape index (κ2) is 21.0. The Morgan fingerprint density at radius 2 is 1.20 bits per heavy atom. The summed E-state index contributed by atoms with van der Waals surface area (Å²) in [6, 6.07) is 17.2. The third-order valence-corrected chi connectivity index (χ3v) is 25.4. The molecule has 12 bridgehead atoms. The first-order valence-corrected chi connectivity index (χ1v) is 33.1. The summed E-state index contributed by atoms with van der Waals surface area (Å²) in [5.41, 5.74) is 1.25. The van der Waals surface area contributed by atoms with Gasteiger partial charge in [0.05, 0.1) is 25.9 Å². The van der Waals surface area contributed by atoms with Gasteiger partial charge in [-0.25, -0.2) is 38.7 Å². The molecule has 2 aromatic carbocycles. The van der Waals surface area contributed by atoms with Crippen molar-refractivity contribution in [2.24, 2.45) is 0 Å². The van der Waals surface area contributed by atoms with Gasteiger partial charge in [0.15, 0.2) is 75.4 Å². The van der Waals surface area contributed by atoms with Crippen LogP contribution in [0.25, 0.3) is 22.3 Å². The molecule has 2 saturated heterocycles. The number of imidazole rings is 2. The van der Waals surface area contributed by atoms with E-state index in [1.54, 1.807) is 72.8 Å². The maximum Gasteiger partial charge on any atom is 0.325 e. The smallest absolute Gasteiger partial charge is 0.325 e. The number of amides is 2. The number of rotatable bonds is 7. The minimum atomic E-state index is -4.44. The molecule has 25 heteroatoms. The van der Waals surface area contributed by atoms with Gasteiger partial charge >= 0.3 is 6.72 Å². The fourth-order valence-electron chi connectivity index (χ4n) is 8.56. The summed E-state index contributed by atoms with van der Waals surface area (Å²) in [5, 5.41) is -0.596. The standard InChI is InChI=1S/C50H63F2N10O9PSSi2/c1-49(2,3)74(7,8)67-26-34-39-35(51)47(69-34)61-29-57-37-41(53-27-55-43(37)61)59(45(63)31-19-13-11-14-20-31)23-17-18-24-60(46(64)32-21-15-12-16-22-32)42-38-44(56-28-54-42)62(30-58-38)48-36(52)40(71-75(9,10)50(4,5)6)33(68-48)25-66-72(65,73)70-39/h11-22,27-30,33-36,39-40,47-48H,23-26H2,1-10H3,(H,65,73)/b18-17+/t33-,34-,35-,36-,39-,40-,47-,48?,72?/m1/s1. The van der Waals surface area contributed by atoms with E-state index in [1.165, 1.54) is 44.2 Å². The van der Waals surface area contributed by atoms with Gasteiger partial charge in [0.2, 0.25) is 0 Å². The van der Waals surface area contributed by atoms with Crippen molar-refractivity contribution in [3.63, 3.8) is 0 Å². The van der Waals surface area contributed by atoms with Crippen LogP contribution in [0.3, 0.4) is 0 Å². The minimum Gasteiger partial charge on any atom is -0.414 e. The Morgan fingerprint density at radius 3 is 1.68 bits per heavy atom. The molecule has 4 aromatic heterocycles. The van der Waals surface area contributed by atoms with Gasteiger partial charge in [0, 0.05) is 24.2 Å². The Morgan fingerprint density at radius 1 is 0.720 bits per heavy atom. The molecule has 0 radical (unpaired) electrons. The van der Waals surface area contributed by atoms with Gasteiger partial charge in [-0.3, -0.25) is 33.0 Å². The van der Waals surface area contributed by atoms with Gasteiger partial charge in [-0.05, 0) is 72.3 Å². The fraction of sp³-hybridized carbons (Fsp3) is 0.480. The molecule has 1 N–H and O–H groups in total. The number of halogens is 2. The molecule has 0 aliphatic carbocycles. The molecule has 400 valence electrons. The maximum atomic E-state index is 17.5. The molecule has 7 heterocycles. The summed E-state index contributed by atoms with van der Waals surface area (Å²) in [6.45, 7) is 15.0. The van der Waals surface area contributed by atoms with E-state index >= 15 is 8.78 Å². The molecular weight excluding hydrogens is 1040 g/mol. The first-order chi connectivity index (χ1) is 35.4. The molecule has 0 spiro atoms. The summed E-state index contributed by atoms with van der Waals surface area (Å²) < 4.78 is 76.2. The number of benzene rings is 2. The van der Waals surface area contributed by atoms with Crippen molar-refractivity contribution < 1.29 is 50.6 Å². The molecule has 9 atom stereocenters. The Balaban J connectivity index is 1.17. The van der Waals surface area contributed by atoms with Gasteiger partial charge in [0.1, 0.15) is 37.1 Å². The lowest BCUT2D eigenvalue weighted by atomic mass is 10.1. The summed E-state index contributed by atoms with van der Waals surface area (Å²) >= 11 is 5.64. The highest BCUT2D eigenvalue weighted by atomic mass is 32.5. The molecule has 9 rings (SSSR count). The van der Waals surface area contributed by atoms with Crippen molar-refractivity contribution in [2.45, 2.75) is 127 Å². The first kappa shape index (κ1) is 54.7. The summed E-state index contributed by atoms with van der Waals surface area (Å²) in [4.78, 5) is 71.2. The fourth-order valence-corrected chi connectivity index (χ4v) is 12.3. The van der Waals surface area contributed by atoms with E-state index in [4.69, 9.17) is 39.2 Å². The third kappa shape index (κ3) is 10.9. The summed E-state index contributed by atoms with van der Waals surface area (Å²) in [7, 11) is -5.23. The topological polar surface area (TPSA) is 203 Å². The van der Waals surface area contributed by atoms with Crippen LogP contribution in [0, 0.1) is 0 Å². The summed E-state index contributed by atoms with van der Waals surface area (Å²) in [5.74, 6) is -0.663. The molecule has 2 unspecified atom stereocenters. The molecule has 6 aromatic rings. The zero-order valence-corrected chi connectivity index (χ0v) is 47.2. The largest absolute Gasteiger partial charge is 0.414 e. The average molecular weight is 1110 g/mol. The number of carbonyl (C=O) groups excluding carboxylic acids is 2. The zero-order valence-electron chi connectivity index (χ0n) is 43.5. The molecule has 3 aliphatic rings. The van der Waals surface area contributed by atoms with Crippen LogP contribution >= 0.6 is 6.72 Å². The average Bonchev–Trinajstić information content (AvgIpc) is 4.15. The molecule has 3 aliphatic heterocycles. The number of hydrogen-bond acceptors (Lipinski definition) is 15. The van der Waals surface area contributed by atoms with Crippen LogP contribution in [0.2, 0.25) is 36.3 Å². The molecule has 0 saturated carbocycles. The van der Waals surface area contributed by atoms with Gasteiger partial charge in [0.25, 0.3) is 11.8 Å². The van der Waals surface area contributed by atoms with Crippen molar-refractivity contribution >= 4 is 80.9 Å². The number of ether oxygens (including phenoxy) is 2. The van der Waals surface area contributed by atoms with Crippen LogP contribution in [0.15, 0.2) is 98.1 Å². The lowest BCUT2D eigenvalue weighted by molar-refractivity contribution is -0.0502. The number of aromatic nitrogens is 8. The maximum absolute atomic E-state index is 17.5. The van der Waals surface area contributed by atoms with Gasteiger partial charge < -0.3 is 27.7 Å². The van der Waals surface area contributed by atoms with Gasteiger partial charge in [-0.15, -0.1) is 0 Å². The monoisotopic (exact) mass is 1100 g/mol. The Kier molecular flexibility index (Phi) is 15.3. The highest BCUT2D eigenvalue weighted by molar-refractivity contribution is 8.07. The minimum absolute atomic E-state index is 0.0745. The molecule has 2 amide bonds. The van der Waals surface area contributed by atoms with Gasteiger partial charge in [-0.1, -0.05) is 90.1 Å². The van der Waals surface area contributed by atoms with Crippen LogP contribution in [0.4, 0.5) is 20.4 Å². The normalized spacial score (nSPS) is 26.8. The van der Waals surface area contributed by atoms with Crippen LogP contribution in [0.1, 0.15) is 74.7 Å². The predicted octanol–water partition coefficient (Wildman–Crippen LogP) is 9.03. The first-order valence-electron chi connectivity index (χ1n) is 24.7. The van der Waals surface area contributed by atoms with E-state index in [9.17, 15) is 14.5 Å². The third-order valence-electron chi connectivity index (χ3n) is 14.9. The van der Waals surface area contributed by atoms with E-state index in [0.29, 0.717) is 11.1 Å². The molecule has 75 heavy (non-hydrogen) atoms. The number of fused-ring (bicyclic) bond motifs is 6. The summed E-state index contributed by atoms with van der Waals surface area (Å²) in [6.07, 6.45) is -3.29.